The van der Waals surface area contributed by atoms with Gasteiger partial charge in [-0.15, -0.1) is 11.3 Å². The summed E-state index contributed by atoms with van der Waals surface area (Å²) in [6.45, 7) is 5.65. The number of esters is 1. The van der Waals surface area contributed by atoms with E-state index in [-0.39, 0.29) is 5.97 Å². The Labute approximate surface area is 81.1 Å². The third-order valence-electron chi connectivity index (χ3n) is 1.58. The molecule has 0 aliphatic rings. The normalized spacial score (nSPS) is 9.62. The maximum atomic E-state index is 10.7. The van der Waals surface area contributed by atoms with E-state index < -0.39 is 0 Å². The molecule has 0 bridgehead atoms. The van der Waals surface area contributed by atoms with Crippen LogP contribution >= 0.6 is 11.3 Å². The first-order valence-corrected chi connectivity index (χ1v) is 4.80. The number of hydrogen-bond donors (Lipinski definition) is 0. The number of carbonyl (C=O) groups is 1. The van der Waals surface area contributed by atoms with Gasteiger partial charge in [0, 0.05) is 17.4 Å². The minimum absolute atomic E-state index is 0.373. The smallest absolute Gasteiger partial charge is 0.330 e. The number of nitrogens with zero attached hydrogens (tertiary/aromatic N) is 1. The lowest BCUT2D eigenvalue weighted by Gasteiger charge is -1.99. The average Bonchev–Trinajstić information content (AvgIpc) is 2.52. The van der Waals surface area contributed by atoms with Crippen molar-refractivity contribution >= 4 is 17.3 Å². The van der Waals surface area contributed by atoms with Gasteiger partial charge in [-0.3, -0.25) is 0 Å². The van der Waals surface area contributed by atoms with E-state index in [1.165, 1.54) is 6.08 Å². The first kappa shape index (κ1) is 9.92. The highest BCUT2D eigenvalue weighted by Crippen LogP contribution is 2.12. The summed E-state index contributed by atoms with van der Waals surface area (Å²) in [7, 11) is 0. The Morgan fingerprint density at radius 3 is 3.15 bits per heavy atom. The van der Waals surface area contributed by atoms with Crippen molar-refractivity contribution in [1.82, 2.24) is 4.98 Å². The number of aryl methyl sites for hydroxylation is 1. The van der Waals surface area contributed by atoms with Gasteiger partial charge >= 0.3 is 5.97 Å². The lowest BCUT2D eigenvalue weighted by atomic mass is 10.3. The molecule has 0 saturated heterocycles. The van der Waals surface area contributed by atoms with Crippen LogP contribution in [-0.4, -0.2) is 17.6 Å². The Bertz CT molecular complexity index is 306. The van der Waals surface area contributed by atoms with Crippen LogP contribution in [0.15, 0.2) is 18.2 Å². The molecule has 3 nitrogen and oxygen atoms in total. The van der Waals surface area contributed by atoms with Gasteiger partial charge in [0.1, 0.15) is 0 Å². The molecule has 70 valence electrons. The predicted molar refractivity (Wildman–Crippen MR) is 51.7 cm³/mol. The maximum Gasteiger partial charge on any atom is 0.330 e. The van der Waals surface area contributed by atoms with Gasteiger partial charge in [0.15, 0.2) is 0 Å². The van der Waals surface area contributed by atoms with Gasteiger partial charge < -0.3 is 4.74 Å². The van der Waals surface area contributed by atoms with Gasteiger partial charge in [-0.25, -0.2) is 9.78 Å². The third kappa shape index (κ3) is 2.99. The molecule has 1 rings (SSSR count). The van der Waals surface area contributed by atoms with Crippen molar-refractivity contribution in [3.8, 4) is 0 Å². The fourth-order valence-electron chi connectivity index (χ4n) is 0.869. The Hall–Kier alpha value is -1.16. The van der Waals surface area contributed by atoms with Crippen LogP contribution in [-0.2, 0) is 16.0 Å². The molecule has 0 aliphatic carbocycles. The third-order valence-corrected chi connectivity index (χ3v) is 2.58. The second kappa shape index (κ2) is 4.77. The van der Waals surface area contributed by atoms with Crippen molar-refractivity contribution < 1.29 is 9.53 Å². The number of rotatable bonds is 4. The fraction of sp³-hybridized carbons (Fsp3) is 0.333. The van der Waals surface area contributed by atoms with Gasteiger partial charge in [-0.1, -0.05) is 6.58 Å². The molecular weight excluding hydrogens is 186 g/mol. The second-order valence-electron chi connectivity index (χ2n) is 2.48. The molecule has 13 heavy (non-hydrogen) atoms. The zero-order valence-corrected chi connectivity index (χ0v) is 8.26. The molecule has 0 atom stereocenters. The largest absolute Gasteiger partial charge is 0.462 e. The van der Waals surface area contributed by atoms with Crippen LogP contribution in [0.2, 0.25) is 0 Å². The topological polar surface area (TPSA) is 39.2 Å². The monoisotopic (exact) mass is 197 g/mol. The van der Waals surface area contributed by atoms with Crippen LogP contribution in [0.1, 0.15) is 10.6 Å². The number of carbonyl (C=O) groups excluding carboxylic acids is 1. The maximum absolute atomic E-state index is 10.7. The summed E-state index contributed by atoms with van der Waals surface area (Å²) in [5.41, 5.74) is 2.81. The highest BCUT2D eigenvalue weighted by Gasteiger charge is 2.02. The highest BCUT2D eigenvalue weighted by molar-refractivity contribution is 7.09. The summed E-state index contributed by atoms with van der Waals surface area (Å²) in [6, 6.07) is 0. The summed E-state index contributed by atoms with van der Waals surface area (Å²) in [4.78, 5) is 15.9. The molecule has 1 heterocycles. The van der Waals surface area contributed by atoms with Crippen LogP contribution in [0.5, 0.6) is 0 Å². The molecule has 0 aliphatic heterocycles. The minimum atomic E-state index is -0.373. The second-order valence-corrected chi connectivity index (χ2v) is 3.42. The van der Waals surface area contributed by atoms with Crippen LogP contribution in [0.25, 0.3) is 0 Å². The van der Waals surface area contributed by atoms with E-state index in [1.54, 1.807) is 16.8 Å². The molecule has 1 aromatic rings. The first-order chi connectivity index (χ1) is 6.24. The summed E-state index contributed by atoms with van der Waals surface area (Å²) < 4.78 is 4.84. The molecule has 0 unspecified atom stereocenters. The minimum Gasteiger partial charge on any atom is -0.462 e. The summed E-state index contributed by atoms with van der Waals surface area (Å²) in [5, 5.41) is 0. The molecule has 0 amide bonds. The molecule has 1 aromatic heterocycles. The van der Waals surface area contributed by atoms with Crippen molar-refractivity contribution in [2.45, 2.75) is 13.3 Å². The number of hydrogen-bond acceptors (Lipinski definition) is 4. The van der Waals surface area contributed by atoms with E-state index in [4.69, 9.17) is 4.74 Å². The molecular formula is C9H11NO2S. The van der Waals surface area contributed by atoms with E-state index in [1.807, 2.05) is 6.92 Å². The van der Waals surface area contributed by atoms with Crippen molar-refractivity contribution in [2.24, 2.45) is 0 Å². The van der Waals surface area contributed by atoms with Crippen LogP contribution in [0, 0.1) is 6.92 Å². The summed E-state index contributed by atoms with van der Waals surface area (Å²) in [6.07, 6.45) is 1.90. The lowest BCUT2D eigenvalue weighted by molar-refractivity contribution is -0.137. The Morgan fingerprint density at radius 1 is 1.85 bits per heavy atom. The molecule has 0 aromatic carbocycles. The number of thiazole rings is 1. The molecule has 0 N–H and O–H groups in total. The van der Waals surface area contributed by atoms with Gasteiger partial charge in [0.2, 0.25) is 0 Å². The highest BCUT2D eigenvalue weighted by atomic mass is 32.1. The van der Waals surface area contributed by atoms with E-state index in [9.17, 15) is 4.79 Å². The van der Waals surface area contributed by atoms with Gasteiger partial charge in [-0.05, 0) is 6.92 Å². The molecule has 0 fully saturated rings. The fourth-order valence-corrected chi connectivity index (χ4v) is 1.63. The zero-order valence-electron chi connectivity index (χ0n) is 7.45. The van der Waals surface area contributed by atoms with E-state index in [0.29, 0.717) is 6.61 Å². The van der Waals surface area contributed by atoms with Crippen LogP contribution in [0.3, 0.4) is 0 Å². The Morgan fingerprint density at radius 2 is 2.62 bits per heavy atom. The van der Waals surface area contributed by atoms with E-state index >= 15 is 0 Å². The van der Waals surface area contributed by atoms with E-state index in [0.717, 1.165) is 17.0 Å². The lowest BCUT2D eigenvalue weighted by Crippen LogP contribution is -2.04. The van der Waals surface area contributed by atoms with Gasteiger partial charge in [0.05, 0.1) is 17.8 Å². The van der Waals surface area contributed by atoms with Crippen LogP contribution < -0.4 is 0 Å². The first-order valence-electron chi connectivity index (χ1n) is 3.92. The molecule has 0 spiro atoms. The predicted octanol–water partition coefficient (Wildman–Crippen LogP) is 1.72. The van der Waals surface area contributed by atoms with Crippen molar-refractivity contribution in [3.05, 3.63) is 28.7 Å². The van der Waals surface area contributed by atoms with Crippen molar-refractivity contribution in [2.75, 3.05) is 6.61 Å². The summed E-state index contributed by atoms with van der Waals surface area (Å²) >= 11 is 1.58. The molecule has 0 saturated carbocycles. The van der Waals surface area contributed by atoms with Crippen LogP contribution in [0.4, 0.5) is 0 Å². The standard InChI is InChI=1S/C9H11NO2S/c1-3-9(11)12-5-4-8-7(2)10-6-13-8/h3,6H,1,4-5H2,2H3. The number of aromatic nitrogens is 1. The molecule has 4 heteroatoms. The molecule has 0 radical (unpaired) electrons. The van der Waals surface area contributed by atoms with Gasteiger partial charge in [0.25, 0.3) is 0 Å². The number of ether oxygens (including phenoxy) is 1. The quantitative estimate of drug-likeness (QED) is 0.545. The average molecular weight is 197 g/mol. The Balaban J connectivity index is 2.32. The van der Waals surface area contributed by atoms with Crippen molar-refractivity contribution in [3.63, 3.8) is 0 Å². The Kier molecular flexibility index (Phi) is 3.64. The SMILES string of the molecule is C=CC(=O)OCCc1scnc1C. The van der Waals surface area contributed by atoms with E-state index in [2.05, 4.69) is 11.6 Å². The van der Waals surface area contributed by atoms with Gasteiger partial charge in [-0.2, -0.15) is 0 Å². The van der Waals surface area contributed by atoms with Crippen molar-refractivity contribution in [1.29, 1.82) is 0 Å². The summed E-state index contributed by atoms with van der Waals surface area (Å²) in [5.74, 6) is -0.373. The zero-order chi connectivity index (χ0) is 9.68.